The molecule has 0 saturated heterocycles. The van der Waals surface area contributed by atoms with Crippen LogP contribution >= 0.6 is 0 Å². The standard InChI is InChI=1S/C65H72N6O/c1-4-44-24-13-8-6-10-16-29-59-60(44)51-42-47(33-37-58(51)72-59)70-53-35-31-45(40-49(53)61-55(70)27-15-12-19-38-64(61,3)67)71-54-36-32-46(41-50(54)63(66)57(71)34-30-43-22-21-23-43)69-52-26-18-17-25-48(52)62-56(69)28-14-9-7-11-20-39-65(62,68)5-2/h6,10,14-18,25-37,40-44H,4-5,7-9,11-13,19-24,38-39,66-68H2,1-3H3/b10-6+,27-15-,28-14-,29-16-,34-30-. The number of hydrogen-bond donors (Lipinski definition) is 3. The zero-order valence-electron chi connectivity index (χ0n) is 42.7. The SMILES string of the molecule is CCC1CCC/C=C/C=C\c2oc3ccc(-n4c5c(c6cc(-n7c(/C=C\C8CCC8)c(N)c8cc(-n9c%10c(c%11ccccc%119)C(N)(CC)CCCCC/C=C\%10)ccc87)ccc64)C(C)(N)CCC/C=C\5)cc3c21. The summed E-state index contributed by atoms with van der Waals surface area (Å²) < 4.78 is 14.0. The number of fused-ring (bicyclic) bond motifs is 10. The number of furan rings is 1. The van der Waals surface area contributed by atoms with E-state index in [1.165, 1.54) is 76.2 Å². The lowest BCUT2D eigenvalue weighted by Gasteiger charge is -2.30. The Morgan fingerprint density at radius 2 is 1.31 bits per heavy atom. The van der Waals surface area contributed by atoms with Gasteiger partial charge in [-0.3, -0.25) is 0 Å². The van der Waals surface area contributed by atoms with Crippen molar-refractivity contribution in [2.45, 2.75) is 141 Å². The fourth-order valence-corrected chi connectivity index (χ4v) is 13.1. The number of nitrogen functional groups attached to an aromatic ring is 1. The highest BCUT2D eigenvalue weighted by Gasteiger charge is 2.35. The second-order valence-corrected chi connectivity index (χ2v) is 21.9. The van der Waals surface area contributed by atoms with Gasteiger partial charge in [0.15, 0.2) is 0 Å². The zero-order valence-corrected chi connectivity index (χ0v) is 42.7. The molecule has 7 heteroatoms. The summed E-state index contributed by atoms with van der Waals surface area (Å²) in [7, 11) is 0. The monoisotopic (exact) mass is 953 g/mol. The number of para-hydroxylation sites is 1. The van der Waals surface area contributed by atoms with Crippen molar-refractivity contribution >= 4 is 73.7 Å². The van der Waals surface area contributed by atoms with Crippen LogP contribution in [-0.4, -0.2) is 13.7 Å². The van der Waals surface area contributed by atoms with Crippen LogP contribution in [0.1, 0.15) is 169 Å². The molecule has 0 radical (unpaired) electrons. The summed E-state index contributed by atoms with van der Waals surface area (Å²) in [6.07, 6.45) is 40.3. The molecule has 4 aliphatic rings. The molecule has 4 aromatic carbocycles. The predicted octanol–water partition coefficient (Wildman–Crippen LogP) is 16.8. The predicted molar refractivity (Wildman–Crippen MR) is 305 cm³/mol. The van der Waals surface area contributed by atoms with E-state index in [1.807, 2.05) is 0 Å². The van der Waals surface area contributed by atoms with Crippen LogP contribution in [0.15, 0.2) is 120 Å². The molecule has 4 heterocycles. The molecule has 1 saturated carbocycles. The molecule has 12 rings (SSSR count). The van der Waals surface area contributed by atoms with Gasteiger partial charge in [0.05, 0.1) is 39.3 Å². The summed E-state index contributed by atoms with van der Waals surface area (Å²) in [5, 5.41) is 4.64. The van der Waals surface area contributed by atoms with Crippen molar-refractivity contribution in [2.75, 3.05) is 5.73 Å². The number of rotatable bonds is 7. The third-order valence-corrected chi connectivity index (χ3v) is 17.2. The molecule has 7 nitrogen and oxygen atoms in total. The van der Waals surface area contributed by atoms with Crippen molar-refractivity contribution in [2.24, 2.45) is 17.4 Å². The summed E-state index contributed by atoms with van der Waals surface area (Å²) in [4.78, 5) is 0. The van der Waals surface area contributed by atoms with Gasteiger partial charge in [-0.15, -0.1) is 0 Å². The van der Waals surface area contributed by atoms with Crippen LogP contribution in [0, 0.1) is 5.92 Å². The lowest BCUT2D eigenvalue weighted by molar-refractivity contribution is 0.376. The van der Waals surface area contributed by atoms with Crippen molar-refractivity contribution in [3.63, 3.8) is 0 Å². The van der Waals surface area contributed by atoms with Gasteiger partial charge in [-0.1, -0.05) is 87.8 Å². The molecule has 72 heavy (non-hydrogen) atoms. The molecule has 368 valence electrons. The summed E-state index contributed by atoms with van der Waals surface area (Å²) in [6.45, 7) is 6.81. The number of anilines is 1. The Kier molecular flexibility index (Phi) is 12.2. The van der Waals surface area contributed by atoms with Crippen molar-refractivity contribution in [3.8, 4) is 17.1 Å². The molecule has 4 aromatic heterocycles. The maximum Gasteiger partial charge on any atom is 0.135 e. The van der Waals surface area contributed by atoms with Crippen molar-refractivity contribution in [1.82, 2.24) is 13.7 Å². The molecule has 4 aliphatic carbocycles. The largest absolute Gasteiger partial charge is 0.456 e. The third-order valence-electron chi connectivity index (χ3n) is 17.2. The molecule has 1 fully saturated rings. The number of benzene rings is 4. The first kappa shape index (κ1) is 46.5. The minimum atomic E-state index is -0.568. The van der Waals surface area contributed by atoms with Gasteiger partial charge in [-0.2, -0.15) is 0 Å². The Hall–Kier alpha value is -6.54. The lowest BCUT2D eigenvalue weighted by atomic mass is 9.81. The van der Waals surface area contributed by atoms with Crippen LogP contribution in [0.5, 0.6) is 0 Å². The van der Waals surface area contributed by atoms with E-state index in [9.17, 15) is 0 Å². The van der Waals surface area contributed by atoms with E-state index in [1.54, 1.807) is 0 Å². The molecule has 3 atom stereocenters. The van der Waals surface area contributed by atoms with Crippen molar-refractivity contribution in [1.29, 1.82) is 0 Å². The average Bonchev–Trinajstić information content (AvgIpc) is 4.09. The second kappa shape index (κ2) is 18.8. The van der Waals surface area contributed by atoms with Gasteiger partial charge < -0.3 is 35.3 Å². The Bertz CT molecular complexity index is 3530. The normalized spacial score (nSPS) is 23.9. The van der Waals surface area contributed by atoms with Gasteiger partial charge in [0, 0.05) is 66.4 Å². The van der Waals surface area contributed by atoms with Crippen LogP contribution < -0.4 is 17.2 Å². The Morgan fingerprint density at radius 1 is 0.625 bits per heavy atom. The quantitative estimate of drug-likeness (QED) is 0.148. The van der Waals surface area contributed by atoms with E-state index in [0.717, 1.165) is 133 Å². The fourth-order valence-electron chi connectivity index (χ4n) is 13.1. The average molecular weight is 953 g/mol. The molecule has 6 N–H and O–H groups in total. The minimum Gasteiger partial charge on any atom is -0.456 e. The first-order valence-electron chi connectivity index (χ1n) is 27.4. The van der Waals surface area contributed by atoms with E-state index >= 15 is 0 Å². The highest BCUT2D eigenvalue weighted by Crippen LogP contribution is 2.46. The molecule has 0 bridgehead atoms. The molecule has 0 spiro atoms. The van der Waals surface area contributed by atoms with Crippen molar-refractivity contribution < 1.29 is 4.42 Å². The maximum atomic E-state index is 7.58. The van der Waals surface area contributed by atoms with Gasteiger partial charge in [-0.25, -0.2) is 0 Å². The van der Waals surface area contributed by atoms with E-state index in [2.05, 4.69) is 174 Å². The van der Waals surface area contributed by atoms with E-state index in [4.69, 9.17) is 21.6 Å². The first-order valence-corrected chi connectivity index (χ1v) is 27.4. The Labute approximate surface area is 425 Å². The molecular weight excluding hydrogens is 881 g/mol. The Balaban J connectivity index is 1.07. The molecule has 0 amide bonds. The fraction of sp³-hybridized carbons (Fsp3) is 0.354. The van der Waals surface area contributed by atoms with Gasteiger partial charge in [0.25, 0.3) is 0 Å². The van der Waals surface area contributed by atoms with E-state index < -0.39 is 11.1 Å². The third kappa shape index (κ3) is 7.86. The molecule has 0 aliphatic heterocycles. The van der Waals surface area contributed by atoms with Crippen LogP contribution in [-0.2, 0) is 11.1 Å². The van der Waals surface area contributed by atoms with E-state index in [0.29, 0.717) is 11.8 Å². The van der Waals surface area contributed by atoms with Crippen LogP contribution in [0.2, 0.25) is 0 Å². The molecule has 3 unspecified atom stereocenters. The number of hydrogen-bond acceptors (Lipinski definition) is 4. The van der Waals surface area contributed by atoms with Gasteiger partial charge in [0.2, 0.25) is 0 Å². The summed E-state index contributed by atoms with van der Waals surface area (Å²) in [5.74, 6) is 1.95. The van der Waals surface area contributed by atoms with Crippen LogP contribution in [0.25, 0.3) is 85.0 Å². The van der Waals surface area contributed by atoms with Gasteiger partial charge in [0.1, 0.15) is 11.3 Å². The zero-order chi connectivity index (χ0) is 49.1. The number of allylic oxidation sites excluding steroid dienone is 6. The summed E-state index contributed by atoms with van der Waals surface area (Å²) in [5.41, 5.74) is 37.1. The maximum absolute atomic E-state index is 7.58. The first-order chi connectivity index (χ1) is 35.2. The van der Waals surface area contributed by atoms with E-state index in [-0.39, 0.29) is 0 Å². The van der Waals surface area contributed by atoms with Crippen LogP contribution in [0.3, 0.4) is 0 Å². The van der Waals surface area contributed by atoms with Crippen molar-refractivity contribution in [3.05, 3.63) is 155 Å². The highest BCUT2D eigenvalue weighted by molar-refractivity contribution is 6.02. The minimum absolute atomic E-state index is 0.413. The molecular formula is C65H72N6O. The smallest absolute Gasteiger partial charge is 0.135 e. The lowest BCUT2D eigenvalue weighted by Crippen LogP contribution is -2.36. The summed E-state index contributed by atoms with van der Waals surface area (Å²) in [6, 6.07) is 29.6. The number of nitrogens with zero attached hydrogens (tertiary/aromatic N) is 3. The highest BCUT2D eigenvalue weighted by atomic mass is 16.3. The number of nitrogens with two attached hydrogens (primary N) is 3. The second-order valence-electron chi connectivity index (χ2n) is 21.9. The number of aromatic nitrogens is 3. The summed E-state index contributed by atoms with van der Waals surface area (Å²) >= 11 is 0. The molecule has 8 aromatic rings. The Morgan fingerprint density at radius 3 is 2.07 bits per heavy atom. The van der Waals surface area contributed by atoms with Crippen LogP contribution in [0.4, 0.5) is 5.69 Å². The van der Waals surface area contributed by atoms with Gasteiger partial charge >= 0.3 is 0 Å². The van der Waals surface area contributed by atoms with Gasteiger partial charge in [-0.05, 0) is 187 Å². The topological polar surface area (TPSA) is 106 Å².